The highest BCUT2D eigenvalue weighted by Crippen LogP contribution is 2.29. The number of benzene rings is 2. The van der Waals surface area contributed by atoms with E-state index >= 15 is 0 Å². The first-order valence-electron chi connectivity index (χ1n) is 10.5. The quantitative estimate of drug-likeness (QED) is 0.483. The number of methoxy groups -OCH3 is 1. The first-order valence-corrected chi connectivity index (χ1v) is 11.4. The Labute approximate surface area is 191 Å². The molecule has 1 aromatic heterocycles. The number of nitrogens with zero attached hydrogens (tertiary/aromatic N) is 4. The van der Waals surface area contributed by atoms with Crippen molar-refractivity contribution in [2.75, 3.05) is 39.2 Å². The Bertz CT molecular complexity index is 1040. The Hall–Kier alpha value is -3.04. The normalized spacial score (nSPS) is 14.8. The van der Waals surface area contributed by atoms with Gasteiger partial charge in [-0.1, -0.05) is 36.0 Å². The second-order valence-electron chi connectivity index (χ2n) is 7.23. The maximum absolute atomic E-state index is 12.6. The number of morpholine rings is 1. The van der Waals surface area contributed by atoms with Crippen LogP contribution in [0.2, 0.25) is 0 Å². The standard InChI is InChI=1S/C23H26N4O4S/c1-17(31-20-10-6-9-19(15-20)29-2)22-24-25-23(27(22)18-7-4-3-5-8-18)32-16-21(28)26-11-13-30-14-12-26/h3-10,15,17H,11-14,16H2,1-2H3. The molecule has 1 unspecified atom stereocenters. The fraction of sp³-hybridized carbons (Fsp3) is 0.348. The van der Waals surface area contributed by atoms with Crippen molar-refractivity contribution in [3.8, 4) is 17.2 Å². The van der Waals surface area contributed by atoms with Crippen LogP contribution in [-0.2, 0) is 9.53 Å². The van der Waals surface area contributed by atoms with Gasteiger partial charge in [-0.25, -0.2) is 0 Å². The number of thioether (sulfide) groups is 1. The van der Waals surface area contributed by atoms with Crippen molar-refractivity contribution in [3.63, 3.8) is 0 Å². The van der Waals surface area contributed by atoms with Crippen molar-refractivity contribution in [3.05, 3.63) is 60.4 Å². The molecule has 2 heterocycles. The molecule has 8 nitrogen and oxygen atoms in total. The molecule has 168 valence electrons. The van der Waals surface area contributed by atoms with E-state index in [0.29, 0.717) is 43.0 Å². The van der Waals surface area contributed by atoms with Crippen LogP contribution in [0.1, 0.15) is 18.9 Å². The number of aromatic nitrogens is 3. The third kappa shape index (κ3) is 5.23. The van der Waals surface area contributed by atoms with Crippen molar-refractivity contribution in [2.24, 2.45) is 0 Å². The molecule has 1 aliphatic heterocycles. The number of carbonyl (C=O) groups excluding carboxylic acids is 1. The molecular formula is C23H26N4O4S. The molecule has 4 rings (SSSR count). The van der Waals surface area contributed by atoms with E-state index in [1.54, 1.807) is 7.11 Å². The number of amides is 1. The molecule has 0 spiro atoms. The van der Waals surface area contributed by atoms with Crippen LogP contribution in [0.3, 0.4) is 0 Å². The van der Waals surface area contributed by atoms with Gasteiger partial charge in [-0.3, -0.25) is 9.36 Å². The molecule has 1 amide bonds. The minimum atomic E-state index is -0.376. The largest absolute Gasteiger partial charge is 0.497 e. The van der Waals surface area contributed by atoms with E-state index in [2.05, 4.69) is 10.2 Å². The zero-order chi connectivity index (χ0) is 22.3. The first kappa shape index (κ1) is 22.2. The molecule has 1 atom stereocenters. The predicted molar refractivity (Wildman–Crippen MR) is 122 cm³/mol. The monoisotopic (exact) mass is 454 g/mol. The van der Waals surface area contributed by atoms with E-state index in [0.717, 1.165) is 11.4 Å². The summed E-state index contributed by atoms with van der Waals surface area (Å²) in [6.45, 7) is 4.35. The number of hydrogen-bond acceptors (Lipinski definition) is 7. The molecule has 0 bridgehead atoms. The van der Waals surface area contributed by atoms with Crippen molar-refractivity contribution in [2.45, 2.75) is 18.2 Å². The van der Waals surface area contributed by atoms with Gasteiger partial charge in [-0.2, -0.15) is 0 Å². The maximum atomic E-state index is 12.6. The predicted octanol–water partition coefficient (Wildman–Crippen LogP) is 3.37. The number of hydrogen-bond donors (Lipinski definition) is 0. The van der Waals surface area contributed by atoms with E-state index < -0.39 is 0 Å². The lowest BCUT2D eigenvalue weighted by atomic mass is 10.3. The van der Waals surface area contributed by atoms with Crippen molar-refractivity contribution in [1.29, 1.82) is 0 Å². The summed E-state index contributed by atoms with van der Waals surface area (Å²) in [7, 11) is 1.62. The van der Waals surface area contributed by atoms with E-state index in [9.17, 15) is 4.79 Å². The van der Waals surface area contributed by atoms with Crippen LogP contribution in [0.5, 0.6) is 11.5 Å². The Morgan fingerprint density at radius 3 is 2.59 bits per heavy atom. The molecule has 9 heteroatoms. The van der Waals surface area contributed by atoms with Gasteiger partial charge < -0.3 is 19.1 Å². The number of carbonyl (C=O) groups is 1. The highest BCUT2D eigenvalue weighted by molar-refractivity contribution is 7.99. The molecule has 2 aromatic carbocycles. The molecule has 0 radical (unpaired) electrons. The minimum Gasteiger partial charge on any atom is -0.497 e. The number of ether oxygens (including phenoxy) is 3. The lowest BCUT2D eigenvalue weighted by Gasteiger charge is -2.26. The van der Waals surface area contributed by atoms with Gasteiger partial charge in [0.15, 0.2) is 17.1 Å². The van der Waals surface area contributed by atoms with Crippen LogP contribution in [0, 0.1) is 0 Å². The van der Waals surface area contributed by atoms with Gasteiger partial charge in [-0.05, 0) is 31.2 Å². The summed E-state index contributed by atoms with van der Waals surface area (Å²) in [5, 5.41) is 9.44. The SMILES string of the molecule is COc1cccc(OC(C)c2nnc(SCC(=O)N3CCOCC3)n2-c2ccccc2)c1. The third-order valence-electron chi connectivity index (χ3n) is 5.08. The maximum Gasteiger partial charge on any atom is 0.233 e. The molecule has 1 fully saturated rings. The van der Waals surface area contributed by atoms with Crippen molar-refractivity contribution >= 4 is 17.7 Å². The van der Waals surface area contributed by atoms with E-state index in [-0.39, 0.29) is 17.8 Å². The summed E-state index contributed by atoms with van der Waals surface area (Å²) >= 11 is 1.38. The summed E-state index contributed by atoms with van der Waals surface area (Å²) in [4.78, 5) is 14.4. The van der Waals surface area contributed by atoms with Crippen molar-refractivity contribution < 1.29 is 19.0 Å². The summed E-state index contributed by atoms with van der Waals surface area (Å²) in [5.74, 6) is 2.41. The van der Waals surface area contributed by atoms with Gasteiger partial charge in [0.25, 0.3) is 0 Å². The average Bonchev–Trinajstić information content (AvgIpc) is 3.28. The van der Waals surface area contributed by atoms with Crippen LogP contribution in [0.4, 0.5) is 0 Å². The molecule has 1 aliphatic rings. The summed E-state index contributed by atoms with van der Waals surface area (Å²) < 4.78 is 18.7. The lowest BCUT2D eigenvalue weighted by Crippen LogP contribution is -2.41. The van der Waals surface area contributed by atoms with E-state index in [1.165, 1.54) is 11.8 Å². The van der Waals surface area contributed by atoms with Crippen LogP contribution in [0.15, 0.2) is 59.8 Å². The minimum absolute atomic E-state index is 0.0724. The summed E-state index contributed by atoms with van der Waals surface area (Å²) in [5.41, 5.74) is 0.912. The number of rotatable bonds is 8. The molecule has 1 saturated heterocycles. The zero-order valence-corrected chi connectivity index (χ0v) is 19.0. The van der Waals surface area contributed by atoms with Gasteiger partial charge >= 0.3 is 0 Å². The van der Waals surface area contributed by atoms with Gasteiger partial charge in [0, 0.05) is 24.8 Å². The molecular weight excluding hydrogens is 428 g/mol. The average molecular weight is 455 g/mol. The first-order chi connectivity index (χ1) is 15.7. The number of para-hydroxylation sites is 1. The molecule has 0 N–H and O–H groups in total. The Morgan fingerprint density at radius 2 is 1.84 bits per heavy atom. The lowest BCUT2D eigenvalue weighted by molar-refractivity contribution is -0.132. The van der Waals surface area contributed by atoms with E-state index in [1.807, 2.05) is 71.0 Å². The van der Waals surface area contributed by atoms with Gasteiger partial charge in [-0.15, -0.1) is 10.2 Å². The van der Waals surface area contributed by atoms with Gasteiger partial charge in [0.1, 0.15) is 11.5 Å². The fourth-order valence-electron chi connectivity index (χ4n) is 3.42. The topological polar surface area (TPSA) is 78.7 Å². The molecule has 0 saturated carbocycles. The second kappa shape index (κ2) is 10.5. The van der Waals surface area contributed by atoms with Crippen LogP contribution >= 0.6 is 11.8 Å². The van der Waals surface area contributed by atoms with E-state index in [4.69, 9.17) is 14.2 Å². The fourth-order valence-corrected chi connectivity index (χ4v) is 4.28. The smallest absolute Gasteiger partial charge is 0.233 e. The van der Waals surface area contributed by atoms with Crippen molar-refractivity contribution in [1.82, 2.24) is 19.7 Å². The van der Waals surface area contributed by atoms with Gasteiger partial charge in [0.2, 0.25) is 5.91 Å². The molecule has 32 heavy (non-hydrogen) atoms. The highest BCUT2D eigenvalue weighted by Gasteiger charge is 2.23. The summed E-state index contributed by atoms with van der Waals surface area (Å²) in [6.07, 6.45) is -0.376. The molecule has 0 aliphatic carbocycles. The van der Waals surface area contributed by atoms with Crippen LogP contribution < -0.4 is 9.47 Å². The Balaban J connectivity index is 1.55. The van der Waals surface area contributed by atoms with Crippen LogP contribution in [0.25, 0.3) is 5.69 Å². The molecule has 3 aromatic rings. The third-order valence-corrected chi connectivity index (χ3v) is 5.99. The van der Waals surface area contributed by atoms with Gasteiger partial charge in [0.05, 0.1) is 26.1 Å². The Morgan fingerprint density at radius 1 is 1.09 bits per heavy atom. The zero-order valence-electron chi connectivity index (χ0n) is 18.1. The summed E-state index contributed by atoms with van der Waals surface area (Å²) in [6, 6.07) is 17.3. The Kier molecular flexibility index (Phi) is 7.28. The highest BCUT2D eigenvalue weighted by atomic mass is 32.2. The van der Waals surface area contributed by atoms with Crippen LogP contribution in [-0.4, -0.2) is 64.7 Å². The second-order valence-corrected chi connectivity index (χ2v) is 8.18.